The molecule has 0 bridgehead atoms. The summed E-state index contributed by atoms with van der Waals surface area (Å²) < 4.78 is 28.7. The minimum Gasteiger partial charge on any atom is -0.338 e. The third kappa shape index (κ3) is 3.74. The molecule has 0 spiro atoms. The third-order valence-electron chi connectivity index (χ3n) is 4.38. The van der Waals surface area contributed by atoms with Crippen molar-refractivity contribution in [2.24, 2.45) is 0 Å². The molecule has 0 aliphatic rings. The van der Waals surface area contributed by atoms with Crippen molar-refractivity contribution in [3.8, 4) is 11.3 Å². The van der Waals surface area contributed by atoms with Gasteiger partial charge in [-0.3, -0.25) is 19.4 Å². The van der Waals surface area contributed by atoms with Crippen LogP contribution in [0.15, 0.2) is 63.0 Å². The molecular formula is C19H14Cl2N4O4S. The maximum absolute atomic E-state index is 12.7. The Bertz CT molecular complexity index is 1480. The fourth-order valence-corrected chi connectivity index (χ4v) is 4.53. The number of benzene rings is 2. The van der Waals surface area contributed by atoms with E-state index in [0.717, 1.165) is 10.1 Å². The number of H-pyrrole nitrogens is 2. The molecule has 154 valence electrons. The molecule has 0 atom stereocenters. The number of halogens is 2. The summed E-state index contributed by atoms with van der Waals surface area (Å²) in [6.07, 6.45) is 0. The Labute approximate surface area is 180 Å². The van der Waals surface area contributed by atoms with Crippen LogP contribution in [0.4, 0.5) is 5.69 Å². The number of aromatic amines is 2. The second-order valence-corrected chi connectivity index (χ2v) is 9.15. The highest BCUT2D eigenvalue weighted by atomic mass is 35.5. The molecule has 0 aliphatic carbocycles. The summed E-state index contributed by atoms with van der Waals surface area (Å²) in [5, 5.41) is 3.02. The van der Waals surface area contributed by atoms with Crippen LogP contribution in [0, 0.1) is 6.92 Å². The van der Waals surface area contributed by atoms with Gasteiger partial charge in [-0.2, -0.15) is 4.52 Å². The number of hydrogen-bond donors (Lipinski definition) is 3. The van der Waals surface area contributed by atoms with Crippen molar-refractivity contribution in [2.75, 3.05) is 4.72 Å². The SMILES string of the molecule is Cc1ccc(S(=O)(=O)Nc2c(=O)[nH]n3c(=O)cc(-c4cc(Cl)cc(Cl)c4)[nH]c23)cc1. The van der Waals surface area contributed by atoms with Gasteiger partial charge in [-0.15, -0.1) is 0 Å². The standard InChI is InChI=1S/C19H14Cl2N4O4S/c1-10-2-4-14(5-3-10)30(28,29)24-17-18-22-15(9-16(26)25(18)23-19(17)27)11-6-12(20)8-13(21)7-11/h2-9,22,24H,1H3,(H,23,27). The second-order valence-electron chi connectivity index (χ2n) is 6.60. The average molecular weight is 465 g/mol. The molecule has 0 amide bonds. The van der Waals surface area contributed by atoms with Crippen LogP contribution in [0.3, 0.4) is 0 Å². The van der Waals surface area contributed by atoms with Crippen molar-refractivity contribution in [3.05, 3.63) is 84.8 Å². The summed E-state index contributed by atoms with van der Waals surface area (Å²) >= 11 is 12.1. The molecular weight excluding hydrogens is 451 g/mol. The van der Waals surface area contributed by atoms with Gasteiger partial charge in [0, 0.05) is 21.7 Å². The predicted octanol–water partition coefficient (Wildman–Crippen LogP) is 3.40. The molecule has 0 saturated carbocycles. The molecule has 2 heterocycles. The number of sulfonamides is 1. The van der Waals surface area contributed by atoms with E-state index in [2.05, 4.69) is 14.8 Å². The first-order valence-corrected chi connectivity index (χ1v) is 10.8. The highest BCUT2D eigenvalue weighted by molar-refractivity contribution is 7.92. The van der Waals surface area contributed by atoms with Crippen LogP contribution in [0.5, 0.6) is 0 Å². The van der Waals surface area contributed by atoms with Gasteiger partial charge in [-0.05, 0) is 37.3 Å². The molecule has 11 heteroatoms. The van der Waals surface area contributed by atoms with Gasteiger partial charge < -0.3 is 4.98 Å². The monoisotopic (exact) mass is 464 g/mol. The summed E-state index contributed by atoms with van der Waals surface area (Å²) in [4.78, 5) is 27.8. The zero-order chi connectivity index (χ0) is 21.6. The Morgan fingerprint density at radius 1 is 0.967 bits per heavy atom. The highest BCUT2D eigenvalue weighted by Crippen LogP contribution is 2.26. The molecule has 0 unspecified atom stereocenters. The zero-order valence-corrected chi connectivity index (χ0v) is 17.7. The molecule has 4 aromatic rings. The van der Waals surface area contributed by atoms with Crippen LogP contribution in [0.1, 0.15) is 5.56 Å². The number of hydrogen-bond acceptors (Lipinski definition) is 4. The fourth-order valence-electron chi connectivity index (χ4n) is 2.94. The summed E-state index contributed by atoms with van der Waals surface area (Å²) in [6, 6.07) is 12.1. The van der Waals surface area contributed by atoms with Crippen LogP contribution >= 0.6 is 23.2 Å². The number of aryl methyl sites for hydroxylation is 1. The van der Waals surface area contributed by atoms with E-state index in [1.165, 1.54) is 24.3 Å². The van der Waals surface area contributed by atoms with Crippen molar-refractivity contribution in [2.45, 2.75) is 11.8 Å². The van der Waals surface area contributed by atoms with Crippen LogP contribution in [-0.2, 0) is 10.0 Å². The minimum atomic E-state index is -4.07. The van der Waals surface area contributed by atoms with Crippen molar-refractivity contribution >= 4 is 44.6 Å². The van der Waals surface area contributed by atoms with E-state index in [9.17, 15) is 18.0 Å². The number of anilines is 1. The van der Waals surface area contributed by atoms with E-state index in [-0.39, 0.29) is 16.2 Å². The molecule has 0 fully saturated rings. The Kier molecular flexibility index (Phi) is 4.97. The summed E-state index contributed by atoms with van der Waals surface area (Å²) in [5.41, 5.74) is -0.0347. The van der Waals surface area contributed by atoms with Gasteiger partial charge in [-0.25, -0.2) is 8.42 Å². The van der Waals surface area contributed by atoms with E-state index in [1.54, 1.807) is 24.3 Å². The Morgan fingerprint density at radius 2 is 1.60 bits per heavy atom. The normalized spacial score (nSPS) is 11.7. The molecule has 4 rings (SSSR count). The summed E-state index contributed by atoms with van der Waals surface area (Å²) in [6.45, 7) is 1.82. The predicted molar refractivity (Wildman–Crippen MR) is 116 cm³/mol. The van der Waals surface area contributed by atoms with Crippen molar-refractivity contribution < 1.29 is 8.42 Å². The van der Waals surface area contributed by atoms with Gasteiger partial charge in [0.25, 0.3) is 21.1 Å². The van der Waals surface area contributed by atoms with Gasteiger partial charge in [0.2, 0.25) is 0 Å². The number of rotatable bonds is 4. The quantitative estimate of drug-likeness (QED) is 0.428. The zero-order valence-electron chi connectivity index (χ0n) is 15.4. The molecule has 8 nitrogen and oxygen atoms in total. The first-order valence-electron chi connectivity index (χ1n) is 8.58. The molecule has 0 radical (unpaired) electrons. The highest BCUT2D eigenvalue weighted by Gasteiger charge is 2.21. The second kappa shape index (κ2) is 7.35. The van der Waals surface area contributed by atoms with E-state index >= 15 is 0 Å². The Balaban J connectivity index is 1.87. The van der Waals surface area contributed by atoms with Gasteiger partial charge in [-0.1, -0.05) is 40.9 Å². The fraction of sp³-hybridized carbons (Fsp3) is 0.0526. The third-order valence-corrected chi connectivity index (χ3v) is 6.19. The minimum absolute atomic E-state index is 0.0213. The molecule has 30 heavy (non-hydrogen) atoms. The summed E-state index contributed by atoms with van der Waals surface area (Å²) in [7, 11) is -4.07. The van der Waals surface area contributed by atoms with Gasteiger partial charge in [0.05, 0.1) is 10.6 Å². The van der Waals surface area contributed by atoms with E-state index in [0.29, 0.717) is 21.3 Å². The average Bonchev–Trinajstić information content (AvgIpc) is 2.97. The molecule has 3 N–H and O–H groups in total. The lowest BCUT2D eigenvalue weighted by Crippen LogP contribution is -2.17. The number of aromatic nitrogens is 3. The first-order chi connectivity index (χ1) is 14.1. The van der Waals surface area contributed by atoms with Crippen LogP contribution < -0.4 is 15.8 Å². The maximum Gasteiger partial charge on any atom is 0.291 e. The van der Waals surface area contributed by atoms with Crippen molar-refractivity contribution in [3.63, 3.8) is 0 Å². The van der Waals surface area contributed by atoms with E-state index < -0.39 is 21.1 Å². The lowest BCUT2D eigenvalue weighted by molar-refractivity contribution is 0.601. The van der Waals surface area contributed by atoms with Crippen molar-refractivity contribution in [1.29, 1.82) is 0 Å². The lowest BCUT2D eigenvalue weighted by Gasteiger charge is -2.08. The van der Waals surface area contributed by atoms with Gasteiger partial charge in [0.1, 0.15) is 0 Å². The van der Waals surface area contributed by atoms with E-state index in [4.69, 9.17) is 23.2 Å². The molecule has 2 aromatic heterocycles. The number of nitrogens with one attached hydrogen (secondary N) is 3. The van der Waals surface area contributed by atoms with Crippen LogP contribution in [-0.4, -0.2) is 23.0 Å². The maximum atomic E-state index is 12.7. The lowest BCUT2D eigenvalue weighted by atomic mass is 10.1. The van der Waals surface area contributed by atoms with E-state index in [1.807, 2.05) is 6.92 Å². The topological polar surface area (TPSA) is 116 Å². The van der Waals surface area contributed by atoms with Crippen LogP contribution in [0.2, 0.25) is 10.0 Å². The largest absolute Gasteiger partial charge is 0.338 e. The van der Waals surface area contributed by atoms with Gasteiger partial charge >= 0.3 is 0 Å². The first kappa shape index (κ1) is 20.3. The van der Waals surface area contributed by atoms with Gasteiger partial charge in [0.15, 0.2) is 11.3 Å². The number of fused-ring (bicyclic) bond motifs is 1. The molecule has 0 aliphatic heterocycles. The molecule has 0 saturated heterocycles. The summed E-state index contributed by atoms with van der Waals surface area (Å²) in [5.74, 6) is 0. The number of nitrogens with zero attached hydrogens (tertiary/aromatic N) is 1. The Morgan fingerprint density at radius 3 is 2.23 bits per heavy atom. The van der Waals surface area contributed by atoms with Crippen molar-refractivity contribution in [1.82, 2.24) is 14.6 Å². The Hall–Kier alpha value is -3.01. The molecule has 2 aromatic carbocycles. The van der Waals surface area contributed by atoms with Crippen LogP contribution in [0.25, 0.3) is 16.9 Å². The smallest absolute Gasteiger partial charge is 0.291 e.